The number of rotatable bonds is 5. The second-order valence-electron chi connectivity index (χ2n) is 7.17. The van der Waals surface area contributed by atoms with Crippen molar-refractivity contribution in [3.05, 3.63) is 0 Å². The van der Waals surface area contributed by atoms with Crippen LogP contribution in [0.5, 0.6) is 0 Å². The molecular formula is C16H33N. The molecule has 1 saturated carbocycles. The molecule has 1 rings (SSSR count). The minimum Gasteiger partial charge on any atom is -0.316 e. The summed E-state index contributed by atoms with van der Waals surface area (Å²) in [7, 11) is 0. The molecule has 102 valence electrons. The molecule has 1 heteroatoms. The Morgan fingerprint density at radius 1 is 1.12 bits per heavy atom. The molecule has 0 heterocycles. The summed E-state index contributed by atoms with van der Waals surface area (Å²) in [6.45, 7) is 14.3. The molecule has 1 aliphatic rings. The summed E-state index contributed by atoms with van der Waals surface area (Å²) in [6, 6.07) is 0. The minimum atomic E-state index is 0.511. The zero-order valence-electron chi connectivity index (χ0n) is 12.7. The van der Waals surface area contributed by atoms with Crippen LogP contribution in [0.1, 0.15) is 73.1 Å². The third-order valence-corrected chi connectivity index (χ3v) is 4.95. The molecule has 0 aromatic rings. The molecule has 1 nitrogen and oxygen atoms in total. The van der Waals surface area contributed by atoms with Gasteiger partial charge in [0.1, 0.15) is 0 Å². The van der Waals surface area contributed by atoms with E-state index in [1.165, 1.54) is 51.6 Å². The van der Waals surface area contributed by atoms with Gasteiger partial charge in [0.05, 0.1) is 0 Å². The molecule has 0 aromatic carbocycles. The van der Waals surface area contributed by atoms with Gasteiger partial charge in [0.2, 0.25) is 0 Å². The molecular weight excluding hydrogens is 206 g/mol. The van der Waals surface area contributed by atoms with E-state index in [1.807, 2.05) is 0 Å². The summed E-state index contributed by atoms with van der Waals surface area (Å²) >= 11 is 0. The summed E-state index contributed by atoms with van der Waals surface area (Å²) in [6.07, 6.45) is 8.34. The quantitative estimate of drug-likeness (QED) is 0.690. The van der Waals surface area contributed by atoms with E-state index in [-0.39, 0.29) is 0 Å². The first-order chi connectivity index (χ1) is 7.93. The number of hydrogen-bond acceptors (Lipinski definition) is 1. The largest absolute Gasteiger partial charge is 0.316 e. The van der Waals surface area contributed by atoms with Crippen LogP contribution >= 0.6 is 0 Å². The standard InChI is InChI=1S/C16H33N/c1-6-12-17-13-16(7-2)10-8-14(9-11-16)15(3,4)5/h14,17H,6-13H2,1-5H3. The highest BCUT2D eigenvalue weighted by atomic mass is 14.9. The first-order valence-corrected chi connectivity index (χ1v) is 7.64. The summed E-state index contributed by atoms with van der Waals surface area (Å²) in [5.74, 6) is 0.938. The van der Waals surface area contributed by atoms with Gasteiger partial charge in [0, 0.05) is 6.54 Å². The van der Waals surface area contributed by atoms with Crippen molar-refractivity contribution < 1.29 is 0 Å². The van der Waals surface area contributed by atoms with Crippen molar-refractivity contribution in [1.82, 2.24) is 5.32 Å². The van der Waals surface area contributed by atoms with Crippen LogP contribution in [-0.2, 0) is 0 Å². The first kappa shape index (κ1) is 15.0. The van der Waals surface area contributed by atoms with Gasteiger partial charge in [0.15, 0.2) is 0 Å². The van der Waals surface area contributed by atoms with E-state index in [4.69, 9.17) is 0 Å². The van der Waals surface area contributed by atoms with Crippen LogP contribution in [0.2, 0.25) is 0 Å². The van der Waals surface area contributed by atoms with Crippen LogP contribution in [0.4, 0.5) is 0 Å². The van der Waals surface area contributed by atoms with Gasteiger partial charge in [-0.15, -0.1) is 0 Å². The summed E-state index contributed by atoms with van der Waals surface area (Å²) < 4.78 is 0. The molecule has 0 radical (unpaired) electrons. The Kier molecular flexibility index (Phi) is 5.50. The van der Waals surface area contributed by atoms with E-state index in [2.05, 4.69) is 39.9 Å². The Labute approximate surface area is 109 Å². The third kappa shape index (κ3) is 4.28. The smallest absolute Gasteiger partial charge is 0.000770 e. The Morgan fingerprint density at radius 3 is 2.12 bits per heavy atom. The SMILES string of the molecule is CCCNCC1(CC)CCC(C(C)(C)C)CC1. The lowest BCUT2D eigenvalue weighted by atomic mass is 9.63. The molecule has 0 saturated heterocycles. The van der Waals surface area contributed by atoms with E-state index in [0.29, 0.717) is 10.8 Å². The molecule has 0 atom stereocenters. The first-order valence-electron chi connectivity index (χ1n) is 7.64. The zero-order valence-corrected chi connectivity index (χ0v) is 12.7. The van der Waals surface area contributed by atoms with Crippen LogP contribution in [0.25, 0.3) is 0 Å². The van der Waals surface area contributed by atoms with Gasteiger partial charge in [0.25, 0.3) is 0 Å². The normalized spacial score (nSPS) is 30.5. The molecule has 0 bridgehead atoms. The Morgan fingerprint density at radius 2 is 1.71 bits per heavy atom. The van der Waals surface area contributed by atoms with Crippen molar-refractivity contribution >= 4 is 0 Å². The summed E-state index contributed by atoms with van der Waals surface area (Å²) in [5.41, 5.74) is 1.12. The van der Waals surface area contributed by atoms with Crippen LogP contribution in [0.15, 0.2) is 0 Å². The van der Waals surface area contributed by atoms with Gasteiger partial charge < -0.3 is 5.32 Å². The highest BCUT2D eigenvalue weighted by molar-refractivity contribution is 4.89. The second kappa shape index (κ2) is 6.22. The van der Waals surface area contributed by atoms with Crippen LogP contribution in [0, 0.1) is 16.7 Å². The van der Waals surface area contributed by atoms with Crippen molar-refractivity contribution in [3.63, 3.8) is 0 Å². The third-order valence-electron chi connectivity index (χ3n) is 4.95. The average Bonchev–Trinajstić information content (AvgIpc) is 2.29. The predicted octanol–water partition coefficient (Wildman–Crippen LogP) is 4.62. The predicted molar refractivity (Wildman–Crippen MR) is 77.3 cm³/mol. The maximum atomic E-state index is 3.65. The van der Waals surface area contributed by atoms with Crippen LogP contribution in [0.3, 0.4) is 0 Å². The lowest BCUT2D eigenvalue weighted by molar-refractivity contribution is 0.0834. The molecule has 1 N–H and O–H groups in total. The monoisotopic (exact) mass is 239 g/mol. The molecule has 0 unspecified atom stereocenters. The molecule has 0 spiro atoms. The highest BCUT2D eigenvalue weighted by Gasteiger charge is 2.37. The van der Waals surface area contributed by atoms with Crippen molar-refractivity contribution in [2.45, 2.75) is 73.1 Å². The van der Waals surface area contributed by atoms with Crippen molar-refractivity contribution in [3.8, 4) is 0 Å². The van der Waals surface area contributed by atoms with Crippen molar-refractivity contribution in [1.29, 1.82) is 0 Å². The van der Waals surface area contributed by atoms with E-state index < -0.39 is 0 Å². The van der Waals surface area contributed by atoms with E-state index in [0.717, 1.165) is 5.92 Å². The van der Waals surface area contributed by atoms with Crippen LogP contribution in [-0.4, -0.2) is 13.1 Å². The molecule has 0 aliphatic heterocycles. The maximum absolute atomic E-state index is 3.65. The van der Waals surface area contributed by atoms with Crippen LogP contribution < -0.4 is 5.32 Å². The fraction of sp³-hybridized carbons (Fsp3) is 1.00. The topological polar surface area (TPSA) is 12.0 Å². The molecule has 1 aliphatic carbocycles. The van der Waals surface area contributed by atoms with E-state index >= 15 is 0 Å². The number of nitrogens with one attached hydrogen (secondary N) is 1. The lowest BCUT2D eigenvalue weighted by Gasteiger charge is -2.44. The average molecular weight is 239 g/mol. The van der Waals surface area contributed by atoms with Gasteiger partial charge in [-0.2, -0.15) is 0 Å². The van der Waals surface area contributed by atoms with Gasteiger partial charge in [-0.1, -0.05) is 34.6 Å². The van der Waals surface area contributed by atoms with E-state index in [1.54, 1.807) is 0 Å². The van der Waals surface area contributed by atoms with Gasteiger partial charge >= 0.3 is 0 Å². The Hall–Kier alpha value is -0.0400. The lowest BCUT2D eigenvalue weighted by Crippen LogP contribution is -2.39. The molecule has 0 aromatic heterocycles. The fourth-order valence-corrected chi connectivity index (χ4v) is 3.28. The Bertz CT molecular complexity index is 206. The Balaban J connectivity index is 2.45. The molecule has 17 heavy (non-hydrogen) atoms. The minimum absolute atomic E-state index is 0.511. The molecule has 0 amide bonds. The van der Waals surface area contributed by atoms with E-state index in [9.17, 15) is 0 Å². The second-order valence-corrected chi connectivity index (χ2v) is 7.17. The summed E-state index contributed by atoms with van der Waals surface area (Å²) in [5, 5.41) is 3.65. The highest BCUT2D eigenvalue weighted by Crippen LogP contribution is 2.46. The van der Waals surface area contributed by atoms with Crippen molar-refractivity contribution in [2.75, 3.05) is 13.1 Å². The van der Waals surface area contributed by atoms with Gasteiger partial charge in [-0.3, -0.25) is 0 Å². The number of hydrogen-bond donors (Lipinski definition) is 1. The van der Waals surface area contributed by atoms with Crippen molar-refractivity contribution in [2.24, 2.45) is 16.7 Å². The fourth-order valence-electron chi connectivity index (χ4n) is 3.28. The zero-order chi connectivity index (χ0) is 12.9. The van der Waals surface area contributed by atoms with Gasteiger partial charge in [-0.25, -0.2) is 0 Å². The van der Waals surface area contributed by atoms with Gasteiger partial charge in [-0.05, 0) is 61.8 Å². The summed E-state index contributed by atoms with van der Waals surface area (Å²) in [4.78, 5) is 0. The maximum Gasteiger partial charge on any atom is 0.000770 e. The molecule has 1 fully saturated rings.